The van der Waals surface area contributed by atoms with Gasteiger partial charge in [0.2, 0.25) is 11.8 Å². The van der Waals surface area contributed by atoms with Crippen LogP contribution in [0.25, 0.3) is 0 Å². The molecular weight excluding hydrogens is 436 g/mol. The highest BCUT2D eigenvalue weighted by Crippen LogP contribution is 2.42. The fraction of sp³-hybridized carbons (Fsp3) is 0.885. The van der Waals surface area contributed by atoms with Gasteiger partial charge in [0.1, 0.15) is 11.6 Å². The standard InChI is InChI=1S/C26H44N2O4S/c1-17(2)22(33)23(29)28-26(15-9-10-16-26)25(32)27-21(24(30)31)20(18-11-5-3-6-12-18)19-13-7-4-8-14-19/h17-22,33H,3-16H2,1-2H3,(H,27,32)(H,28,29)(H,30,31). The molecule has 0 aromatic heterocycles. The van der Waals surface area contributed by atoms with Crippen LogP contribution >= 0.6 is 12.6 Å². The molecule has 7 heteroatoms. The topological polar surface area (TPSA) is 95.5 Å². The molecule has 3 fully saturated rings. The van der Waals surface area contributed by atoms with E-state index in [1.54, 1.807) is 0 Å². The van der Waals surface area contributed by atoms with E-state index in [-0.39, 0.29) is 23.7 Å². The zero-order valence-corrected chi connectivity index (χ0v) is 21.4. The average molecular weight is 481 g/mol. The molecule has 3 N–H and O–H groups in total. The Bertz CT molecular complexity index is 662. The number of carbonyl (C=O) groups excluding carboxylic acids is 2. The van der Waals surface area contributed by atoms with E-state index in [1.807, 2.05) is 13.8 Å². The van der Waals surface area contributed by atoms with Gasteiger partial charge in [0.15, 0.2) is 0 Å². The van der Waals surface area contributed by atoms with Crippen molar-refractivity contribution in [3.63, 3.8) is 0 Å². The molecule has 0 radical (unpaired) electrons. The number of rotatable bonds is 9. The van der Waals surface area contributed by atoms with Crippen LogP contribution in [0.2, 0.25) is 0 Å². The second kappa shape index (κ2) is 11.9. The zero-order valence-electron chi connectivity index (χ0n) is 20.5. The number of hydrogen-bond donors (Lipinski definition) is 4. The predicted octanol–water partition coefficient (Wildman–Crippen LogP) is 4.72. The first-order valence-corrected chi connectivity index (χ1v) is 13.8. The first kappa shape index (κ1) is 26.4. The monoisotopic (exact) mass is 480 g/mol. The second-order valence-electron chi connectivity index (χ2n) is 11.1. The first-order chi connectivity index (χ1) is 15.7. The third kappa shape index (κ3) is 6.46. The lowest BCUT2D eigenvalue weighted by atomic mass is 9.66. The predicted molar refractivity (Wildman–Crippen MR) is 133 cm³/mol. The van der Waals surface area contributed by atoms with Gasteiger partial charge in [-0.3, -0.25) is 9.59 Å². The minimum atomic E-state index is -1.02. The Kier molecular flexibility index (Phi) is 9.54. The summed E-state index contributed by atoms with van der Waals surface area (Å²) in [5.74, 6) is -0.786. The highest BCUT2D eigenvalue weighted by Gasteiger charge is 2.47. The maximum atomic E-state index is 13.7. The van der Waals surface area contributed by atoms with Gasteiger partial charge >= 0.3 is 5.97 Å². The minimum absolute atomic E-state index is 0.0329. The van der Waals surface area contributed by atoms with Crippen LogP contribution < -0.4 is 10.6 Å². The van der Waals surface area contributed by atoms with Crippen molar-refractivity contribution in [2.75, 3.05) is 0 Å². The van der Waals surface area contributed by atoms with Crippen molar-refractivity contribution in [2.45, 2.75) is 121 Å². The van der Waals surface area contributed by atoms with Crippen molar-refractivity contribution in [3.8, 4) is 0 Å². The van der Waals surface area contributed by atoms with E-state index < -0.39 is 22.8 Å². The van der Waals surface area contributed by atoms with Gasteiger partial charge in [-0.05, 0) is 36.5 Å². The smallest absolute Gasteiger partial charge is 0.326 e. The molecule has 33 heavy (non-hydrogen) atoms. The van der Waals surface area contributed by atoms with Crippen LogP contribution in [0.5, 0.6) is 0 Å². The number of amides is 2. The molecule has 0 heterocycles. The van der Waals surface area contributed by atoms with E-state index in [2.05, 4.69) is 23.3 Å². The van der Waals surface area contributed by atoms with Crippen LogP contribution in [0, 0.1) is 23.7 Å². The lowest BCUT2D eigenvalue weighted by Gasteiger charge is -2.42. The van der Waals surface area contributed by atoms with Gasteiger partial charge in [-0.2, -0.15) is 12.6 Å². The lowest BCUT2D eigenvalue weighted by molar-refractivity contribution is -0.147. The summed E-state index contributed by atoms with van der Waals surface area (Å²) in [6.45, 7) is 3.86. The lowest BCUT2D eigenvalue weighted by Crippen LogP contribution is -2.63. The van der Waals surface area contributed by atoms with Crippen molar-refractivity contribution < 1.29 is 19.5 Å². The molecule has 3 aliphatic carbocycles. The van der Waals surface area contributed by atoms with Crippen molar-refractivity contribution in [2.24, 2.45) is 23.7 Å². The molecule has 2 amide bonds. The average Bonchev–Trinajstić information content (AvgIpc) is 3.29. The van der Waals surface area contributed by atoms with Gasteiger partial charge in [-0.1, -0.05) is 90.9 Å². The highest BCUT2D eigenvalue weighted by atomic mass is 32.1. The molecule has 0 spiro atoms. The van der Waals surface area contributed by atoms with Crippen LogP contribution in [0.3, 0.4) is 0 Å². The van der Waals surface area contributed by atoms with Gasteiger partial charge in [-0.15, -0.1) is 0 Å². The van der Waals surface area contributed by atoms with E-state index in [0.717, 1.165) is 64.2 Å². The fourth-order valence-corrected chi connectivity index (χ4v) is 6.63. The Morgan fingerprint density at radius 2 is 1.33 bits per heavy atom. The molecule has 0 saturated heterocycles. The Balaban J connectivity index is 1.82. The highest BCUT2D eigenvalue weighted by molar-refractivity contribution is 7.81. The summed E-state index contributed by atoms with van der Waals surface area (Å²) in [6, 6.07) is -0.894. The quantitative estimate of drug-likeness (QED) is 0.359. The SMILES string of the molecule is CC(C)C(S)C(=O)NC1(C(=O)NC(C(=O)O)C(C2CCCCC2)C2CCCCC2)CCCC1. The number of carbonyl (C=O) groups is 3. The summed E-state index contributed by atoms with van der Waals surface area (Å²) in [4.78, 5) is 39.1. The zero-order chi connectivity index (χ0) is 24.0. The number of nitrogens with one attached hydrogen (secondary N) is 2. The molecule has 0 aromatic carbocycles. The summed E-state index contributed by atoms with van der Waals surface area (Å²) in [5, 5.41) is 15.8. The van der Waals surface area contributed by atoms with Crippen LogP contribution in [-0.2, 0) is 14.4 Å². The van der Waals surface area contributed by atoms with Crippen LogP contribution in [0.1, 0.15) is 104 Å². The Labute approximate surface area is 204 Å². The maximum Gasteiger partial charge on any atom is 0.326 e. The summed E-state index contributed by atoms with van der Waals surface area (Å²) in [6.07, 6.45) is 14.0. The van der Waals surface area contributed by atoms with E-state index in [4.69, 9.17) is 0 Å². The van der Waals surface area contributed by atoms with Crippen molar-refractivity contribution in [3.05, 3.63) is 0 Å². The Morgan fingerprint density at radius 3 is 1.76 bits per heavy atom. The van der Waals surface area contributed by atoms with Crippen LogP contribution in [-0.4, -0.2) is 39.7 Å². The van der Waals surface area contributed by atoms with Gasteiger partial charge in [-0.25, -0.2) is 4.79 Å². The summed E-state index contributed by atoms with van der Waals surface area (Å²) in [5.41, 5.74) is -1.02. The third-order valence-electron chi connectivity index (χ3n) is 8.48. The largest absolute Gasteiger partial charge is 0.480 e. The van der Waals surface area contributed by atoms with Crippen LogP contribution in [0.4, 0.5) is 0 Å². The Hall–Kier alpha value is -1.24. The molecule has 0 aliphatic heterocycles. The van der Waals surface area contributed by atoms with Gasteiger partial charge < -0.3 is 15.7 Å². The van der Waals surface area contributed by atoms with Crippen molar-refractivity contribution >= 4 is 30.4 Å². The summed E-state index contributed by atoms with van der Waals surface area (Å²) < 4.78 is 0. The molecular formula is C26H44N2O4S. The normalized spacial score (nSPS) is 23.9. The summed E-state index contributed by atoms with van der Waals surface area (Å²) >= 11 is 4.43. The van der Waals surface area contributed by atoms with Crippen molar-refractivity contribution in [1.82, 2.24) is 10.6 Å². The molecule has 2 atom stereocenters. The Morgan fingerprint density at radius 1 is 0.848 bits per heavy atom. The molecule has 6 nitrogen and oxygen atoms in total. The van der Waals surface area contributed by atoms with Gasteiger partial charge in [0, 0.05) is 0 Å². The van der Waals surface area contributed by atoms with Crippen molar-refractivity contribution in [1.29, 1.82) is 0 Å². The molecule has 3 rings (SSSR count). The number of aliphatic carboxylic acids is 1. The molecule has 3 saturated carbocycles. The molecule has 3 aliphatic rings. The van der Waals surface area contributed by atoms with E-state index in [9.17, 15) is 19.5 Å². The molecule has 0 aromatic rings. The van der Waals surface area contributed by atoms with E-state index in [1.165, 1.54) is 12.8 Å². The molecule has 2 unspecified atom stereocenters. The van der Waals surface area contributed by atoms with E-state index in [0.29, 0.717) is 24.7 Å². The van der Waals surface area contributed by atoms with Crippen LogP contribution in [0.15, 0.2) is 0 Å². The number of carboxylic acid groups (broad SMARTS) is 1. The van der Waals surface area contributed by atoms with Gasteiger partial charge in [0.05, 0.1) is 5.25 Å². The molecule has 0 bridgehead atoms. The molecule has 188 valence electrons. The van der Waals surface area contributed by atoms with E-state index >= 15 is 0 Å². The second-order valence-corrected chi connectivity index (χ2v) is 11.7. The number of thiol groups is 1. The number of hydrogen-bond acceptors (Lipinski definition) is 4. The summed E-state index contributed by atoms with van der Waals surface area (Å²) in [7, 11) is 0. The maximum absolute atomic E-state index is 13.7. The first-order valence-electron chi connectivity index (χ1n) is 13.3. The fourth-order valence-electron chi connectivity index (χ4n) is 6.57. The van der Waals surface area contributed by atoms with Gasteiger partial charge in [0.25, 0.3) is 0 Å². The number of carboxylic acids is 1. The third-order valence-corrected chi connectivity index (χ3v) is 9.31. The minimum Gasteiger partial charge on any atom is -0.480 e.